The van der Waals surface area contributed by atoms with Crippen LogP contribution in [-0.4, -0.2) is 30.4 Å². The summed E-state index contributed by atoms with van der Waals surface area (Å²) >= 11 is 0. The first-order chi connectivity index (χ1) is 9.65. The summed E-state index contributed by atoms with van der Waals surface area (Å²) in [7, 11) is -3.43. The molecule has 0 aromatic rings. The number of carbonyl (C=O) groups excluding carboxylic acids is 1. The van der Waals surface area contributed by atoms with Gasteiger partial charge in [-0.25, -0.2) is 12.7 Å². The van der Waals surface area contributed by atoms with Crippen LogP contribution in [0.15, 0.2) is 0 Å². The van der Waals surface area contributed by atoms with Gasteiger partial charge in [0.25, 0.3) is 0 Å². The zero-order valence-corrected chi connectivity index (χ0v) is 14.4. The molecule has 1 spiro atoms. The van der Waals surface area contributed by atoms with Gasteiger partial charge in [-0.1, -0.05) is 34.1 Å². The van der Waals surface area contributed by atoms with Crippen molar-refractivity contribution in [3.63, 3.8) is 0 Å². The van der Waals surface area contributed by atoms with Crippen molar-refractivity contribution in [3.8, 4) is 0 Å². The van der Waals surface area contributed by atoms with E-state index in [0.717, 1.165) is 25.7 Å². The normalized spacial score (nSPS) is 40.3. The first-order valence-electron chi connectivity index (χ1n) is 8.20. The zero-order chi connectivity index (χ0) is 15.6. The summed E-state index contributed by atoms with van der Waals surface area (Å²) in [5, 5.41) is 0. The minimum absolute atomic E-state index is 0.0378. The number of nitrogens with zero attached hydrogens (tertiary/aromatic N) is 1. The average molecular weight is 313 g/mol. The summed E-state index contributed by atoms with van der Waals surface area (Å²) in [6.45, 7) is 8.48. The molecule has 1 amide bonds. The van der Waals surface area contributed by atoms with Crippen molar-refractivity contribution >= 4 is 15.9 Å². The van der Waals surface area contributed by atoms with E-state index in [9.17, 15) is 13.2 Å². The van der Waals surface area contributed by atoms with Gasteiger partial charge < -0.3 is 0 Å². The lowest BCUT2D eigenvalue weighted by atomic mass is 9.69. The Hall–Kier alpha value is -0.580. The van der Waals surface area contributed by atoms with Gasteiger partial charge in [0.15, 0.2) is 0 Å². The standard InChI is InChI=1S/C16H27NO3S/c1-5-11(2)8-14(18)17-13-9-12-6-7-16(13,15(12,3)4)10-21(17,19)20/h11-13H,5-10H2,1-4H3. The van der Waals surface area contributed by atoms with Gasteiger partial charge in [0.2, 0.25) is 15.9 Å². The summed E-state index contributed by atoms with van der Waals surface area (Å²) in [5.74, 6) is 0.822. The van der Waals surface area contributed by atoms with Crippen LogP contribution < -0.4 is 0 Å². The first kappa shape index (κ1) is 15.3. The van der Waals surface area contributed by atoms with Crippen LogP contribution in [0.4, 0.5) is 0 Å². The first-order valence-corrected chi connectivity index (χ1v) is 9.81. The molecule has 2 aliphatic carbocycles. The average Bonchev–Trinajstić information content (AvgIpc) is 2.84. The van der Waals surface area contributed by atoms with Gasteiger partial charge in [-0.15, -0.1) is 0 Å². The van der Waals surface area contributed by atoms with Crippen molar-refractivity contribution in [2.75, 3.05) is 5.75 Å². The van der Waals surface area contributed by atoms with Gasteiger partial charge in [0.05, 0.1) is 11.8 Å². The van der Waals surface area contributed by atoms with Gasteiger partial charge in [-0.3, -0.25) is 4.79 Å². The Bertz CT molecular complexity index is 568. The van der Waals surface area contributed by atoms with Gasteiger partial charge in [0.1, 0.15) is 0 Å². The number of hydrogen-bond donors (Lipinski definition) is 0. The molecule has 3 rings (SSSR count). The highest BCUT2D eigenvalue weighted by atomic mass is 32.2. The minimum atomic E-state index is -3.43. The van der Waals surface area contributed by atoms with E-state index in [2.05, 4.69) is 13.8 Å². The Kier molecular flexibility index (Phi) is 3.26. The number of sulfonamides is 1. The van der Waals surface area contributed by atoms with Crippen molar-refractivity contribution < 1.29 is 13.2 Å². The SMILES string of the molecule is CCC(C)CC(=O)N1C2CC3CCC2(CS1(=O)=O)C3(C)C. The van der Waals surface area contributed by atoms with Crippen LogP contribution >= 0.6 is 0 Å². The maximum absolute atomic E-state index is 12.7. The summed E-state index contributed by atoms with van der Waals surface area (Å²) < 4.78 is 26.6. The Morgan fingerprint density at radius 2 is 2.05 bits per heavy atom. The van der Waals surface area contributed by atoms with Crippen LogP contribution in [0.3, 0.4) is 0 Å². The van der Waals surface area contributed by atoms with Gasteiger partial charge >= 0.3 is 0 Å². The van der Waals surface area contributed by atoms with Crippen molar-refractivity contribution in [1.29, 1.82) is 0 Å². The molecule has 21 heavy (non-hydrogen) atoms. The highest BCUT2D eigenvalue weighted by Crippen LogP contribution is 2.70. The summed E-state index contributed by atoms with van der Waals surface area (Å²) in [6.07, 6.45) is 4.21. The molecular weight excluding hydrogens is 286 g/mol. The Labute approximate surface area is 128 Å². The van der Waals surface area contributed by atoms with E-state index in [-0.39, 0.29) is 34.4 Å². The molecule has 4 unspecified atom stereocenters. The molecule has 3 aliphatic rings. The Morgan fingerprint density at radius 1 is 1.38 bits per heavy atom. The predicted molar refractivity (Wildman–Crippen MR) is 82.0 cm³/mol. The molecule has 1 saturated heterocycles. The number of hydrogen-bond acceptors (Lipinski definition) is 3. The van der Waals surface area contributed by atoms with Crippen LogP contribution in [0.2, 0.25) is 0 Å². The second-order valence-electron chi connectivity index (χ2n) is 8.03. The predicted octanol–water partition coefficient (Wildman–Crippen LogP) is 2.79. The fraction of sp³-hybridized carbons (Fsp3) is 0.938. The highest BCUT2D eigenvalue weighted by molar-refractivity contribution is 7.90. The number of amides is 1. The van der Waals surface area contributed by atoms with E-state index in [1.165, 1.54) is 4.31 Å². The van der Waals surface area contributed by atoms with E-state index in [1.54, 1.807) is 0 Å². The van der Waals surface area contributed by atoms with E-state index < -0.39 is 10.0 Å². The molecule has 2 bridgehead atoms. The van der Waals surface area contributed by atoms with E-state index >= 15 is 0 Å². The highest BCUT2D eigenvalue weighted by Gasteiger charge is 2.72. The molecule has 4 atom stereocenters. The van der Waals surface area contributed by atoms with Gasteiger partial charge in [-0.2, -0.15) is 0 Å². The number of rotatable bonds is 3. The summed E-state index contributed by atoms with van der Waals surface area (Å²) in [4.78, 5) is 12.6. The number of fused-ring (bicyclic) bond motifs is 1. The fourth-order valence-electron chi connectivity index (χ4n) is 5.15. The molecule has 2 saturated carbocycles. The molecule has 5 heteroatoms. The minimum Gasteiger partial charge on any atom is -0.274 e. The topological polar surface area (TPSA) is 54.5 Å². The largest absolute Gasteiger partial charge is 0.274 e. The molecule has 0 N–H and O–H groups in total. The zero-order valence-electron chi connectivity index (χ0n) is 13.6. The quantitative estimate of drug-likeness (QED) is 0.805. The maximum atomic E-state index is 12.7. The molecule has 0 aromatic heterocycles. The molecule has 0 aromatic carbocycles. The van der Waals surface area contributed by atoms with Crippen molar-refractivity contribution in [2.45, 2.75) is 65.8 Å². The fourth-order valence-corrected chi connectivity index (χ4v) is 7.71. The lowest BCUT2D eigenvalue weighted by Gasteiger charge is -2.37. The summed E-state index contributed by atoms with van der Waals surface area (Å²) in [6, 6.07) is -0.0761. The van der Waals surface area contributed by atoms with Gasteiger partial charge in [-0.05, 0) is 36.5 Å². The van der Waals surface area contributed by atoms with Crippen LogP contribution in [0.25, 0.3) is 0 Å². The van der Waals surface area contributed by atoms with E-state index in [0.29, 0.717) is 12.3 Å². The van der Waals surface area contributed by atoms with Crippen LogP contribution in [-0.2, 0) is 14.8 Å². The molecular formula is C16H27NO3S. The van der Waals surface area contributed by atoms with Crippen molar-refractivity contribution in [2.24, 2.45) is 22.7 Å². The Balaban J connectivity index is 1.95. The Morgan fingerprint density at radius 3 is 2.62 bits per heavy atom. The lowest BCUT2D eigenvalue weighted by Crippen LogP contribution is -2.44. The third kappa shape index (κ3) is 1.85. The number of carbonyl (C=O) groups is 1. The van der Waals surface area contributed by atoms with Gasteiger partial charge in [0, 0.05) is 11.8 Å². The van der Waals surface area contributed by atoms with Crippen LogP contribution in [0, 0.1) is 22.7 Å². The molecule has 120 valence electrons. The maximum Gasteiger partial charge on any atom is 0.238 e. The molecule has 1 heterocycles. The molecule has 4 nitrogen and oxygen atoms in total. The second-order valence-corrected chi connectivity index (χ2v) is 9.87. The van der Waals surface area contributed by atoms with Crippen molar-refractivity contribution in [3.05, 3.63) is 0 Å². The smallest absolute Gasteiger partial charge is 0.238 e. The third-order valence-electron chi connectivity index (χ3n) is 6.88. The van der Waals surface area contributed by atoms with E-state index in [4.69, 9.17) is 0 Å². The molecule has 0 radical (unpaired) electrons. The third-order valence-corrected chi connectivity index (χ3v) is 8.81. The summed E-state index contributed by atoms with van der Waals surface area (Å²) in [5.41, 5.74) is -0.155. The molecule has 3 fully saturated rings. The molecule has 1 aliphatic heterocycles. The van der Waals surface area contributed by atoms with E-state index in [1.807, 2.05) is 13.8 Å². The second kappa shape index (κ2) is 4.46. The monoisotopic (exact) mass is 313 g/mol. The van der Waals surface area contributed by atoms with Crippen molar-refractivity contribution in [1.82, 2.24) is 4.31 Å². The van der Waals surface area contributed by atoms with Crippen LogP contribution in [0.5, 0.6) is 0 Å². The van der Waals surface area contributed by atoms with Crippen LogP contribution in [0.1, 0.15) is 59.8 Å². The lowest BCUT2D eigenvalue weighted by molar-refractivity contribution is -0.129.